The van der Waals surface area contributed by atoms with Crippen LogP contribution in [0, 0.1) is 76.2 Å². The van der Waals surface area contributed by atoms with Gasteiger partial charge in [-0.2, -0.15) is 0 Å². The van der Waals surface area contributed by atoms with E-state index in [1.54, 1.807) is 43.1 Å². The third kappa shape index (κ3) is 36.7. The largest absolute Gasteiger partial charge is 1.00 e. The van der Waals surface area contributed by atoms with Crippen LogP contribution >= 0.6 is 7.26 Å². The van der Waals surface area contributed by atoms with Crippen LogP contribution in [-0.4, -0.2) is 56.1 Å². The average Bonchev–Trinajstić information content (AvgIpc) is 0.763. The Morgan fingerprint density at radius 2 is 0.613 bits per heavy atom. The van der Waals surface area contributed by atoms with Gasteiger partial charge in [0.1, 0.15) is 68.8 Å². The summed E-state index contributed by atoms with van der Waals surface area (Å²) in [6.07, 6.45) is 76.7. The van der Waals surface area contributed by atoms with Gasteiger partial charge in [0.15, 0.2) is 11.6 Å². The number of phenols is 1. The summed E-state index contributed by atoms with van der Waals surface area (Å²) in [4.78, 5) is 34.8. The van der Waals surface area contributed by atoms with Crippen LogP contribution in [0.2, 0.25) is 0 Å². The van der Waals surface area contributed by atoms with Gasteiger partial charge in [0, 0.05) is 40.7 Å². The highest BCUT2D eigenvalue weighted by Crippen LogP contribution is 2.57. The summed E-state index contributed by atoms with van der Waals surface area (Å²) in [5.74, 6) is 4.14. The number of halogens is 1. The minimum Gasteiger partial charge on any atom is -1.00 e. The molecule has 816 valence electrons. The third-order valence-corrected chi connectivity index (χ3v) is 39.6. The molecule has 0 unspecified atom stereocenters. The van der Waals surface area contributed by atoms with Gasteiger partial charge in [0.05, 0.1) is 11.8 Å². The van der Waals surface area contributed by atoms with Crippen molar-refractivity contribution in [3.8, 4) is 23.0 Å². The Hall–Kier alpha value is -8.73. The first-order valence-electron chi connectivity index (χ1n) is 58.1. The number of carbonyl (C=O) groups is 3. The van der Waals surface area contributed by atoms with Crippen LogP contribution in [0.15, 0.2) is 241 Å². The van der Waals surface area contributed by atoms with Gasteiger partial charge in [-0.05, 0) is 558 Å². The second kappa shape index (κ2) is 60.4. The van der Waals surface area contributed by atoms with E-state index in [4.69, 9.17) is 14.2 Å². The molecular weight excluding hydrogens is 1970 g/mol. The van der Waals surface area contributed by atoms with Gasteiger partial charge >= 0.3 is 0 Å². The van der Waals surface area contributed by atoms with Crippen molar-refractivity contribution in [1.29, 1.82) is 0 Å². The van der Waals surface area contributed by atoms with Crippen LogP contribution in [0.3, 0.4) is 0 Å². The molecule has 0 amide bonds. The molecule has 0 aromatic heterocycles. The molecule has 8 aliphatic rings. The molecule has 4 atom stereocenters. The van der Waals surface area contributed by atoms with Gasteiger partial charge in [0.25, 0.3) is 0 Å². The minimum absolute atomic E-state index is 0. The van der Waals surface area contributed by atoms with Crippen molar-refractivity contribution in [3.05, 3.63) is 319 Å². The number of rotatable bonds is 43. The van der Waals surface area contributed by atoms with E-state index in [-0.39, 0.29) is 52.3 Å². The van der Waals surface area contributed by atoms with Gasteiger partial charge in [-0.1, -0.05) is 183 Å². The van der Waals surface area contributed by atoms with E-state index < -0.39 is 12.9 Å². The SMILES string of the molecule is C/C(=C\CC/C(C)=C/CC[C@]1(C)CCc2c(C)c(C)c(C)c(C)c2O1)CCC=C1CCC1.C/C(=C\CC/C(C)=C/CC[C@]1(C)CCc2c(C)c(O)c(C)c(C)c2O1)CCC=C1CCC1.C/C(=C\CC[C@]1(C)CCc2c(C)c(C)c(C)c(C)c2O1)CC/C=C(\C)CCC[P+](c1ccccc1)(c1ccccc1)c1ccccc1.CC1=C(C)C(=O)C(CC[C@](C)(O)CC/C=C(\C)CC/C=C(\C)CCC=C2CCC2)=C(C)C1=O.O=C1CCC1.[I-]. The number of fused-ring (bicyclic) bond motifs is 3. The molecule has 3 heterocycles. The number of hydrogen-bond donors (Lipinski definition) is 2. The first-order chi connectivity index (χ1) is 70.9. The first-order valence-corrected chi connectivity index (χ1v) is 60.0. The Balaban J connectivity index is 0.000000221. The lowest BCUT2D eigenvalue weighted by atomic mass is 9.82. The standard InChI is InChI=1S/C45H56OP.C31H46O.C30H44O3.C30H44O2.C4H6O.HI/c1-34(22-18-31-45(7)32-30-43-38(5)36(3)37(4)39(6)44(43)46-45)20-17-21-35(2)23-19-33-47(40-24-11-8-12-25-40,41-26-13-9-14-27-41)42-28-15-10-16-29-42;1-22(14-9-16-28-17-10-18-28)12-8-13-23(2)15-11-20-31(7)21-19-29-26(5)24(3)25(4)27(6)30(29)32-31;1-21(13-8-15-26-16-9-17-26)11-7-12-22(2)14-10-19-30(6,33)20-18-27-25(5)28(31)23(3)24(4)29(27)32;1-21(13-8-15-26-16-9-17-26)11-7-12-22(2)14-10-19-30(6)20-18-27-25(5)28(31)23(3)24(4)29(27)32-30;5-4-2-1-3-4;/h8-16,21-22,24-29H,17-20,23,30-33H2,1-7H3;12,15-16H,8-11,13-14,17-21H2,1-7H3;11,14-15,33H,7-10,12-13,16-20H2,1-6H3;11,14-15,31H,7-10,12-13,16-20H2,1-6H3;1-3H2;1H/q+1;;;;;/p-1/b34-22+,35-21+;22-12+,23-15+;2*21-11+,22-14+;;/t45-;31-;2*30-;;/m1111../s1. The van der Waals surface area contributed by atoms with E-state index in [2.05, 4.69) is 296 Å². The van der Waals surface area contributed by atoms with Crippen LogP contribution in [0.5, 0.6) is 23.0 Å². The Kier molecular flexibility index (Phi) is 50.2. The van der Waals surface area contributed by atoms with Crippen LogP contribution in [0.4, 0.5) is 0 Å². The number of aromatic hydroxyl groups is 1. The lowest BCUT2D eigenvalue weighted by Gasteiger charge is -2.38. The highest BCUT2D eigenvalue weighted by Gasteiger charge is 2.45. The molecule has 4 fully saturated rings. The van der Waals surface area contributed by atoms with Gasteiger partial charge in [-0.25, -0.2) is 0 Å². The molecule has 0 bridgehead atoms. The summed E-state index contributed by atoms with van der Waals surface area (Å²) in [7, 11) is -1.76. The number of Topliss-reactive ketones (excluding diaryl/α,β-unsaturated/α-hetero) is 3. The van der Waals surface area contributed by atoms with Crippen molar-refractivity contribution < 1.29 is 62.8 Å². The second-order valence-electron chi connectivity index (χ2n) is 47.3. The zero-order chi connectivity index (χ0) is 108. The summed E-state index contributed by atoms with van der Waals surface area (Å²) >= 11 is 0. The van der Waals surface area contributed by atoms with Crippen molar-refractivity contribution in [2.24, 2.45) is 0 Å². The number of benzene rings is 6. The van der Waals surface area contributed by atoms with E-state index in [1.165, 1.54) is 237 Å². The van der Waals surface area contributed by atoms with E-state index in [0.29, 0.717) is 53.1 Å². The van der Waals surface area contributed by atoms with Crippen LogP contribution in [0.25, 0.3) is 0 Å². The van der Waals surface area contributed by atoms with Crippen LogP contribution in [-0.2, 0) is 33.6 Å². The number of phenolic OH excluding ortho intramolecular Hbond substituents is 1. The second-order valence-corrected chi connectivity index (χ2v) is 50.9. The molecule has 14 rings (SSSR count). The lowest BCUT2D eigenvalue weighted by Crippen LogP contribution is -3.00. The molecule has 6 aromatic carbocycles. The zero-order valence-electron chi connectivity index (χ0n) is 98.5. The Bertz CT molecular complexity index is 5720. The lowest BCUT2D eigenvalue weighted by molar-refractivity contribution is -0.123. The third-order valence-electron chi connectivity index (χ3n) is 35.1. The predicted octanol–water partition coefficient (Wildman–Crippen LogP) is 34.7. The molecule has 150 heavy (non-hydrogen) atoms. The topological polar surface area (TPSA) is 119 Å². The molecule has 8 nitrogen and oxygen atoms in total. The van der Waals surface area contributed by atoms with E-state index in [0.717, 1.165) is 182 Å². The van der Waals surface area contributed by atoms with E-state index in [9.17, 15) is 24.6 Å². The first kappa shape index (κ1) is 125. The molecule has 3 aliphatic heterocycles. The van der Waals surface area contributed by atoms with Crippen molar-refractivity contribution >= 4 is 40.5 Å². The van der Waals surface area contributed by atoms with Gasteiger partial charge in [-0.15, -0.1) is 0 Å². The Labute approximate surface area is 929 Å². The normalized spacial score (nSPS) is 19.4. The fourth-order valence-corrected chi connectivity index (χ4v) is 26.7. The number of ether oxygens (including phenoxy) is 3. The van der Waals surface area contributed by atoms with Crippen molar-refractivity contribution in [2.75, 3.05) is 6.16 Å². The Morgan fingerprint density at radius 1 is 0.333 bits per heavy atom. The number of carbonyl (C=O) groups excluding carboxylic acids is 3. The Morgan fingerprint density at radius 3 is 0.927 bits per heavy atom. The fourth-order valence-electron chi connectivity index (χ4n) is 22.3. The molecule has 4 saturated carbocycles. The van der Waals surface area contributed by atoms with Crippen LogP contribution < -0.4 is 54.1 Å². The summed E-state index contributed by atoms with van der Waals surface area (Å²) in [6.45, 7) is 56.1. The maximum Gasteiger partial charge on any atom is 0.185 e. The molecule has 5 aliphatic carbocycles. The van der Waals surface area contributed by atoms with Crippen LogP contribution in [0.1, 0.15) is 445 Å². The van der Waals surface area contributed by atoms with E-state index in [1.807, 2.05) is 20.8 Å². The number of aliphatic hydroxyl groups is 1. The van der Waals surface area contributed by atoms with E-state index >= 15 is 0 Å². The quantitative estimate of drug-likeness (QED) is 0.0168. The molecule has 0 radical (unpaired) electrons. The van der Waals surface area contributed by atoms with Crippen molar-refractivity contribution in [3.63, 3.8) is 0 Å². The minimum atomic E-state index is -1.76. The number of hydrogen-bond acceptors (Lipinski definition) is 8. The monoisotopic (exact) mass is 2160 g/mol. The van der Waals surface area contributed by atoms with Crippen molar-refractivity contribution in [2.45, 2.75) is 485 Å². The fraction of sp³-hybridized carbons (Fsp3) is 0.536. The summed E-state index contributed by atoms with van der Waals surface area (Å²) in [6, 6.07) is 33.8. The average molecular weight is 2160 g/mol. The maximum absolute atomic E-state index is 12.6. The molecular formula is C140H196IO8P. The van der Waals surface area contributed by atoms with Gasteiger partial charge in [-0.3, -0.25) is 14.4 Å². The summed E-state index contributed by atoms with van der Waals surface area (Å²) in [5, 5.41) is 25.7. The predicted molar refractivity (Wildman–Crippen MR) is 642 cm³/mol. The highest BCUT2D eigenvalue weighted by atomic mass is 127. The highest BCUT2D eigenvalue weighted by molar-refractivity contribution is 7.95. The molecule has 10 heteroatoms. The van der Waals surface area contributed by atoms with Gasteiger partial charge in [0.2, 0.25) is 0 Å². The van der Waals surface area contributed by atoms with Crippen molar-refractivity contribution in [1.82, 2.24) is 0 Å². The van der Waals surface area contributed by atoms with Gasteiger partial charge < -0.3 is 48.4 Å². The smallest absolute Gasteiger partial charge is 0.185 e. The number of allylic oxidation sites excluding steroid dienone is 26. The molecule has 6 aromatic rings. The molecule has 2 N–H and O–H groups in total. The molecule has 0 saturated heterocycles. The number of ketones is 3. The molecule has 0 spiro atoms. The zero-order valence-corrected chi connectivity index (χ0v) is 102. The summed E-state index contributed by atoms with van der Waals surface area (Å²) < 4.78 is 20.0. The maximum atomic E-state index is 12.6. The summed E-state index contributed by atoms with van der Waals surface area (Å²) in [5.41, 5.74) is 36.3.